The molecule has 0 aliphatic carbocycles. The lowest BCUT2D eigenvalue weighted by Crippen LogP contribution is -2.52. The molecular formula is C7H10F2O3. The Morgan fingerprint density at radius 3 is 2.50 bits per heavy atom. The lowest BCUT2D eigenvalue weighted by Gasteiger charge is -2.37. The molecule has 0 saturated carbocycles. The van der Waals surface area contributed by atoms with Crippen molar-refractivity contribution in [3.63, 3.8) is 0 Å². The van der Waals surface area contributed by atoms with Crippen LogP contribution in [0.4, 0.5) is 8.78 Å². The van der Waals surface area contributed by atoms with Gasteiger partial charge in [-0.05, 0) is 13.3 Å². The second-order valence-corrected chi connectivity index (χ2v) is 3.14. The van der Waals surface area contributed by atoms with Crippen molar-refractivity contribution in [2.75, 3.05) is 13.2 Å². The number of aliphatic carboxylic acids is 1. The maximum absolute atomic E-state index is 13.0. The molecule has 3 nitrogen and oxygen atoms in total. The highest BCUT2D eigenvalue weighted by Gasteiger charge is 2.57. The third kappa shape index (κ3) is 1.18. The fourth-order valence-corrected chi connectivity index (χ4v) is 1.08. The van der Waals surface area contributed by atoms with Crippen molar-refractivity contribution in [2.24, 2.45) is 5.41 Å². The van der Waals surface area contributed by atoms with Crippen LogP contribution < -0.4 is 0 Å². The van der Waals surface area contributed by atoms with E-state index in [4.69, 9.17) is 5.11 Å². The first-order valence-corrected chi connectivity index (χ1v) is 3.59. The van der Waals surface area contributed by atoms with Gasteiger partial charge in [0, 0.05) is 6.61 Å². The number of hydrogen-bond acceptors (Lipinski definition) is 2. The third-order valence-electron chi connectivity index (χ3n) is 2.31. The summed E-state index contributed by atoms with van der Waals surface area (Å²) < 4.78 is 30.5. The number of carbonyl (C=O) groups is 1. The van der Waals surface area contributed by atoms with Crippen LogP contribution in [0.1, 0.15) is 13.3 Å². The zero-order chi connectivity index (χ0) is 9.41. The van der Waals surface area contributed by atoms with Gasteiger partial charge in [-0.25, -0.2) is 8.78 Å². The quantitative estimate of drug-likeness (QED) is 0.658. The van der Waals surface area contributed by atoms with Crippen LogP contribution in [-0.4, -0.2) is 30.2 Å². The number of ether oxygens (including phenoxy) is 1. The van der Waals surface area contributed by atoms with Gasteiger partial charge in [-0.3, -0.25) is 4.79 Å². The van der Waals surface area contributed by atoms with Gasteiger partial charge in [0.1, 0.15) is 12.0 Å². The molecule has 0 amide bonds. The SMILES string of the molecule is CC1(C(=O)O)CCOCC1(F)F. The number of rotatable bonds is 1. The van der Waals surface area contributed by atoms with E-state index in [0.29, 0.717) is 0 Å². The summed E-state index contributed by atoms with van der Waals surface area (Å²) in [7, 11) is 0. The second-order valence-electron chi connectivity index (χ2n) is 3.14. The van der Waals surface area contributed by atoms with Crippen molar-refractivity contribution < 1.29 is 23.4 Å². The Morgan fingerprint density at radius 1 is 1.58 bits per heavy atom. The molecule has 1 rings (SSSR count). The first-order chi connectivity index (χ1) is 5.40. The molecule has 70 valence electrons. The van der Waals surface area contributed by atoms with Crippen LogP contribution in [0.3, 0.4) is 0 Å². The Kier molecular flexibility index (Phi) is 2.07. The predicted molar refractivity (Wildman–Crippen MR) is 36.1 cm³/mol. The van der Waals surface area contributed by atoms with Crippen molar-refractivity contribution >= 4 is 5.97 Å². The molecule has 1 atom stereocenters. The maximum atomic E-state index is 13.0. The van der Waals surface area contributed by atoms with Crippen molar-refractivity contribution in [3.8, 4) is 0 Å². The molecular weight excluding hydrogens is 170 g/mol. The van der Waals surface area contributed by atoms with Crippen LogP contribution in [0.25, 0.3) is 0 Å². The summed E-state index contributed by atoms with van der Waals surface area (Å²) in [5, 5.41) is 8.60. The van der Waals surface area contributed by atoms with E-state index in [9.17, 15) is 13.6 Å². The molecule has 0 spiro atoms. The van der Waals surface area contributed by atoms with Gasteiger partial charge in [0.25, 0.3) is 5.92 Å². The van der Waals surface area contributed by atoms with Gasteiger partial charge in [-0.2, -0.15) is 0 Å². The van der Waals surface area contributed by atoms with E-state index in [-0.39, 0.29) is 13.0 Å². The van der Waals surface area contributed by atoms with Crippen LogP contribution >= 0.6 is 0 Å². The largest absolute Gasteiger partial charge is 0.481 e. The predicted octanol–water partition coefficient (Wildman–Crippen LogP) is 1.13. The number of carboxylic acids is 1. The molecule has 12 heavy (non-hydrogen) atoms. The Bertz CT molecular complexity index is 205. The summed E-state index contributed by atoms with van der Waals surface area (Å²) in [6, 6.07) is 0. The van der Waals surface area contributed by atoms with Crippen LogP contribution in [0.15, 0.2) is 0 Å². The van der Waals surface area contributed by atoms with Gasteiger partial charge < -0.3 is 9.84 Å². The highest BCUT2D eigenvalue weighted by molar-refractivity contribution is 5.75. The van der Waals surface area contributed by atoms with Crippen molar-refractivity contribution in [2.45, 2.75) is 19.3 Å². The van der Waals surface area contributed by atoms with Gasteiger partial charge in [0.2, 0.25) is 0 Å². The highest BCUT2D eigenvalue weighted by atomic mass is 19.3. The Balaban J connectivity index is 2.91. The molecule has 1 N–H and O–H groups in total. The van der Waals surface area contributed by atoms with Gasteiger partial charge in [0.05, 0.1) is 0 Å². The van der Waals surface area contributed by atoms with Crippen LogP contribution in [0, 0.1) is 5.41 Å². The number of halogens is 2. The van der Waals surface area contributed by atoms with E-state index >= 15 is 0 Å². The van der Waals surface area contributed by atoms with Crippen LogP contribution in [0.2, 0.25) is 0 Å². The van der Waals surface area contributed by atoms with Crippen molar-refractivity contribution in [3.05, 3.63) is 0 Å². The molecule has 1 aliphatic heterocycles. The molecule has 5 heteroatoms. The van der Waals surface area contributed by atoms with Gasteiger partial charge >= 0.3 is 5.97 Å². The first-order valence-electron chi connectivity index (χ1n) is 3.59. The summed E-state index contributed by atoms with van der Waals surface area (Å²) >= 11 is 0. The molecule has 0 aromatic carbocycles. The minimum atomic E-state index is -3.27. The third-order valence-corrected chi connectivity index (χ3v) is 2.31. The molecule has 1 heterocycles. The molecule has 0 aromatic heterocycles. The van der Waals surface area contributed by atoms with E-state index in [1.165, 1.54) is 0 Å². The number of alkyl halides is 2. The topological polar surface area (TPSA) is 46.5 Å². The number of hydrogen-bond donors (Lipinski definition) is 1. The Morgan fingerprint density at radius 2 is 2.17 bits per heavy atom. The lowest BCUT2D eigenvalue weighted by atomic mass is 9.79. The lowest BCUT2D eigenvalue weighted by molar-refractivity contribution is -0.213. The Labute approximate surface area is 68.3 Å². The molecule has 1 unspecified atom stereocenters. The van der Waals surface area contributed by atoms with E-state index < -0.39 is 23.9 Å². The van der Waals surface area contributed by atoms with Crippen molar-refractivity contribution in [1.29, 1.82) is 0 Å². The molecule has 0 radical (unpaired) electrons. The monoisotopic (exact) mass is 180 g/mol. The maximum Gasteiger partial charge on any atom is 0.315 e. The number of carboxylic acid groups (broad SMARTS) is 1. The average molecular weight is 180 g/mol. The first kappa shape index (κ1) is 9.38. The van der Waals surface area contributed by atoms with E-state index in [2.05, 4.69) is 4.74 Å². The zero-order valence-corrected chi connectivity index (χ0v) is 6.64. The summed E-state index contributed by atoms with van der Waals surface area (Å²) in [5.41, 5.74) is -1.97. The van der Waals surface area contributed by atoms with Gasteiger partial charge in [0.15, 0.2) is 0 Å². The average Bonchev–Trinajstić information content (AvgIpc) is 1.95. The summed E-state index contributed by atoms with van der Waals surface area (Å²) in [6.07, 6.45) is -0.144. The Hall–Kier alpha value is -0.710. The van der Waals surface area contributed by atoms with Crippen molar-refractivity contribution in [1.82, 2.24) is 0 Å². The minimum Gasteiger partial charge on any atom is -0.481 e. The van der Waals surface area contributed by atoms with Gasteiger partial charge in [-0.15, -0.1) is 0 Å². The van der Waals surface area contributed by atoms with E-state index in [0.717, 1.165) is 6.92 Å². The molecule has 0 aromatic rings. The summed E-state index contributed by atoms with van der Waals surface area (Å²) in [4.78, 5) is 10.6. The normalized spacial score (nSPS) is 34.6. The fraction of sp³-hybridized carbons (Fsp3) is 0.857. The van der Waals surface area contributed by atoms with Crippen LogP contribution in [-0.2, 0) is 9.53 Å². The molecule has 1 fully saturated rings. The highest BCUT2D eigenvalue weighted by Crippen LogP contribution is 2.42. The second kappa shape index (κ2) is 2.65. The minimum absolute atomic E-state index is 0.0817. The van der Waals surface area contributed by atoms with Gasteiger partial charge in [-0.1, -0.05) is 0 Å². The molecule has 1 aliphatic rings. The smallest absolute Gasteiger partial charge is 0.315 e. The van der Waals surface area contributed by atoms with E-state index in [1.54, 1.807) is 0 Å². The summed E-state index contributed by atoms with van der Waals surface area (Å²) in [6.45, 7) is 0.339. The molecule has 1 saturated heterocycles. The fourth-order valence-electron chi connectivity index (χ4n) is 1.08. The molecule has 0 bridgehead atoms. The zero-order valence-electron chi connectivity index (χ0n) is 6.64. The van der Waals surface area contributed by atoms with Crippen LogP contribution in [0.5, 0.6) is 0 Å². The summed E-state index contributed by atoms with van der Waals surface area (Å²) in [5.74, 6) is -4.73. The van der Waals surface area contributed by atoms with E-state index in [1.807, 2.05) is 0 Å². The standard InChI is InChI=1S/C7H10F2O3/c1-6(5(10)11)2-3-12-4-7(6,8)9/h2-4H2,1H3,(H,10,11).